The standard InChI is InChI=1S/C19H27NO4/c1-3-9-20(12-16-6-4-7-18(11-16)22-2)13-17(21)14-23-15-19-8-5-10-24-19/h4-8,10-11,17,21H,3,9,12-15H2,1-2H3/t17-/m0/s1. The lowest BCUT2D eigenvalue weighted by atomic mass is 10.2. The Balaban J connectivity index is 1.80. The van der Waals surface area contributed by atoms with Crippen LogP contribution in [0.2, 0.25) is 0 Å². The molecule has 0 aliphatic carbocycles. The molecular weight excluding hydrogens is 306 g/mol. The normalized spacial score (nSPS) is 12.5. The zero-order valence-corrected chi connectivity index (χ0v) is 14.5. The van der Waals surface area contributed by atoms with Gasteiger partial charge in [0.25, 0.3) is 0 Å². The van der Waals surface area contributed by atoms with E-state index in [-0.39, 0.29) is 0 Å². The summed E-state index contributed by atoms with van der Waals surface area (Å²) in [5, 5.41) is 10.2. The summed E-state index contributed by atoms with van der Waals surface area (Å²) >= 11 is 0. The maximum atomic E-state index is 10.2. The molecule has 1 N–H and O–H groups in total. The van der Waals surface area contributed by atoms with Crippen LogP contribution in [-0.4, -0.2) is 42.9 Å². The minimum atomic E-state index is -0.530. The molecule has 0 amide bonds. The molecule has 2 rings (SSSR count). The number of ether oxygens (including phenoxy) is 2. The van der Waals surface area contributed by atoms with E-state index < -0.39 is 6.10 Å². The van der Waals surface area contributed by atoms with Crippen LogP contribution in [0.25, 0.3) is 0 Å². The van der Waals surface area contributed by atoms with Gasteiger partial charge in [-0.15, -0.1) is 0 Å². The van der Waals surface area contributed by atoms with E-state index in [1.54, 1.807) is 13.4 Å². The molecule has 0 fully saturated rings. The molecule has 1 heterocycles. The summed E-state index contributed by atoms with van der Waals surface area (Å²) in [6, 6.07) is 11.7. The smallest absolute Gasteiger partial charge is 0.129 e. The third kappa shape index (κ3) is 6.35. The fourth-order valence-corrected chi connectivity index (χ4v) is 2.62. The van der Waals surface area contributed by atoms with Crippen molar-refractivity contribution in [3.05, 3.63) is 54.0 Å². The van der Waals surface area contributed by atoms with Crippen molar-refractivity contribution in [1.29, 1.82) is 0 Å². The Morgan fingerprint density at radius 2 is 2.12 bits per heavy atom. The molecule has 0 unspecified atom stereocenters. The molecule has 1 aromatic heterocycles. The molecular formula is C19H27NO4. The van der Waals surface area contributed by atoms with E-state index in [0.29, 0.717) is 19.8 Å². The van der Waals surface area contributed by atoms with Crippen LogP contribution in [-0.2, 0) is 17.9 Å². The third-order valence-electron chi connectivity index (χ3n) is 3.68. The van der Waals surface area contributed by atoms with Crippen molar-refractivity contribution in [1.82, 2.24) is 4.90 Å². The Morgan fingerprint density at radius 3 is 2.83 bits per heavy atom. The van der Waals surface area contributed by atoms with Gasteiger partial charge in [-0.3, -0.25) is 4.90 Å². The molecule has 0 saturated heterocycles. The molecule has 5 nitrogen and oxygen atoms in total. The van der Waals surface area contributed by atoms with Gasteiger partial charge in [0.2, 0.25) is 0 Å². The van der Waals surface area contributed by atoms with Crippen molar-refractivity contribution >= 4 is 0 Å². The number of aliphatic hydroxyl groups excluding tert-OH is 1. The minimum absolute atomic E-state index is 0.291. The van der Waals surface area contributed by atoms with E-state index in [9.17, 15) is 5.11 Å². The number of hydrogen-bond acceptors (Lipinski definition) is 5. The number of furan rings is 1. The highest BCUT2D eigenvalue weighted by Gasteiger charge is 2.13. The molecule has 0 radical (unpaired) electrons. The molecule has 0 spiro atoms. The second-order valence-corrected chi connectivity index (χ2v) is 5.83. The summed E-state index contributed by atoms with van der Waals surface area (Å²) in [7, 11) is 1.67. The first-order chi connectivity index (χ1) is 11.7. The lowest BCUT2D eigenvalue weighted by Gasteiger charge is -2.24. The lowest BCUT2D eigenvalue weighted by Crippen LogP contribution is -2.35. The number of benzene rings is 1. The number of hydrogen-bond donors (Lipinski definition) is 1. The second-order valence-electron chi connectivity index (χ2n) is 5.83. The average Bonchev–Trinajstić information content (AvgIpc) is 3.08. The molecule has 1 aromatic carbocycles. The van der Waals surface area contributed by atoms with Crippen LogP contribution < -0.4 is 4.74 Å². The van der Waals surface area contributed by atoms with Gasteiger partial charge in [0.15, 0.2) is 0 Å². The van der Waals surface area contributed by atoms with E-state index in [4.69, 9.17) is 13.9 Å². The monoisotopic (exact) mass is 333 g/mol. The summed E-state index contributed by atoms with van der Waals surface area (Å²) in [5.41, 5.74) is 1.17. The Labute approximate surface area is 143 Å². The van der Waals surface area contributed by atoms with E-state index >= 15 is 0 Å². The van der Waals surface area contributed by atoms with Gasteiger partial charge in [-0.25, -0.2) is 0 Å². The largest absolute Gasteiger partial charge is 0.497 e. The van der Waals surface area contributed by atoms with Crippen LogP contribution in [0.3, 0.4) is 0 Å². The predicted molar refractivity (Wildman–Crippen MR) is 92.9 cm³/mol. The Morgan fingerprint density at radius 1 is 1.25 bits per heavy atom. The fourth-order valence-electron chi connectivity index (χ4n) is 2.62. The van der Waals surface area contributed by atoms with Gasteiger partial charge in [-0.1, -0.05) is 19.1 Å². The first kappa shape index (κ1) is 18.5. The van der Waals surface area contributed by atoms with Crippen molar-refractivity contribution < 1.29 is 19.0 Å². The van der Waals surface area contributed by atoms with E-state index in [1.807, 2.05) is 30.3 Å². The van der Waals surface area contributed by atoms with Crippen molar-refractivity contribution in [2.75, 3.05) is 26.8 Å². The molecule has 1 atom stereocenters. The van der Waals surface area contributed by atoms with Crippen LogP contribution in [0.1, 0.15) is 24.7 Å². The molecule has 0 bridgehead atoms. The summed E-state index contributed by atoms with van der Waals surface area (Å²) in [6.07, 6.45) is 2.12. The molecule has 0 aliphatic rings. The molecule has 0 saturated carbocycles. The summed E-state index contributed by atoms with van der Waals surface area (Å²) in [5.74, 6) is 1.62. The highest BCUT2D eigenvalue weighted by atomic mass is 16.5. The SMILES string of the molecule is CCCN(Cc1cccc(OC)c1)C[C@H](O)COCc1ccco1. The van der Waals surface area contributed by atoms with Crippen LogP contribution in [0.5, 0.6) is 5.75 Å². The van der Waals surface area contributed by atoms with Gasteiger partial charge in [-0.05, 0) is 42.8 Å². The van der Waals surface area contributed by atoms with Gasteiger partial charge in [-0.2, -0.15) is 0 Å². The first-order valence-electron chi connectivity index (χ1n) is 8.34. The Hall–Kier alpha value is -1.82. The Bertz CT molecular complexity index is 571. The number of rotatable bonds is 11. The van der Waals surface area contributed by atoms with Crippen molar-refractivity contribution in [3.8, 4) is 5.75 Å². The number of nitrogens with zero attached hydrogens (tertiary/aromatic N) is 1. The topological polar surface area (TPSA) is 55.1 Å². The summed E-state index contributed by atoms with van der Waals surface area (Å²) in [4.78, 5) is 2.23. The van der Waals surface area contributed by atoms with Gasteiger partial charge >= 0.3 is 0 Å². The maximum Gasteiger partial charge on any atom is 0.129 e. The summed E-state index contributed by atoms with van der Waals surface area (Å²) in [6.45, 7) is 5.08. The van der Waals surface area contributed by atoms with Crippen molar-refractivity contribution in [2.24, 2.45) is 0 Å². The van der Waals surface area contributed by atoms with Gasteiger partial charge < -0.3 is 19.0 Å². The van der Waals surface area contributed by atoms with Gasteiger partial charge in [0.05, 0.1) is 26.1 Å². The zero-order chi connectivity index (χ0) is 17.2. The number of aliphatic hydroxyl groups is 1. The van der Waals surface area contributed by atoms with Crippen LogP contribution in [0, 0.1) is 0 Å². The van der Waals surface area contributed by atoms with Crippen LogP contribution in [0.4, 0.5) is 0 Å². The Kier molecular flexibility index (Phi) is 7.82. The first-order valence-corrected chi connectivity index (χ1v) is 8.34. The minimum Gasteiger partial charge on any atom is -0.497 e. The fraction of sp³-hybridized carbons (Fsp3) is 0.474. The predicted octanol–water partition coefficient (Wildman–Crippen LogP) is 3.08. The van der Waals surface area contributed by atoms with Gasteiger partial charge in [0, 0.05) is 13.1 Å². The van der Waals surface area contributed by atoms with Crippen LogP contribution in [0.15, 0.2) is 47.1 Å². The van der Waals surface area contributed by atoms with Crippen LogP contribution >= 0.6 is 0 Å². The molecule has 5 heteroatoms. The zero-order valence-electron chi connectivity index (χ0n) is 14.5. The number of methoxy groups -OCH3 is 1. The molecule has 132 valence electrons. The summed E-state index contributed by atoms with van der Waals surface area (Å²) < 4.78 is 16.0. The highest BCUT2D eigenvalue weighted by molar-refractivity contribution is 5.28. The van der Waals surface area contributed by atoms with E-state index in [0.717, 1.165) is 31.0 Å². The highest BCUT2D eigenvalue weighted by Crippen LogP contribution is 2.15. The maximum absolute atomic E-state index is 10.2. The molecule has 24 heavy (non-hydrogen) atoms. The van der Waals surface area contributed by atoms with E-state index in [1.165, 1.54) is 5.56 Å². The second kappa shape index (κ2) is 10.1. The van der Waals surface area contributed by atoms with E-state index in [2.05, 4.69) is 17.9 Å². The third-order valence-corrected chi connectivity index (χ3v) is 3.68. The molecule has 2 aromatic rings. The van der Waals surface area contributed by atoms with Crippen molar-refractivity contribution in [2.45, 2.75) is 32.6 Å². The lowest BCUT2D eigenvalue weighted by molar-refractivity contribution is 0.00386. The average molecular weight is 333 g/mol. The van der Waals surface area contributed by atoms with Crippen molar-refractivity contribution in [3.63, 3.8) is 0 Å². The van der Waals surface area contributed by atoms with Gasteiger partial charge in [0.1, 0.15) is 18.1 Å². The molecule has 0 aliphatic heterocycles. The quantitative estimate of drug-likeness (QED) is 0.685.